The van der Waals surface area contributed by atoms with E-state index in [1.54, 1.807) is 30.8 Å². The number of aromatic nitrogens is 1. The monoisotopic (exact) mass is 567 g/mol. The second-order valence-corrected chi connectivity index (χ2v) is 10.1. The van der Waals surface area contributed by atoms with Gasteiger partial charge in [-0.15, -0.1) is 0 Å². The van der Waals surface area contributed by atoms with E-state index in [0.717, 1.165) is 29.6 Å². The number of esters is 1. The molecular weight excluding hydrogens is 534 g/mol. The summed E-state index contributed by atoms with van der Waals surface area (Å²) in [6.45, 7) is 2.16. The molecule has 2 atom stereocenters. The van der Waals surface area contributed by atoms with E-state index in [2.05, 4.69) is 33.9 Å². The van der Waals surface area contributed by atoms with Crippen molar-refractivity contribution in [3.05, 3.63) is 95.2 Å². The van der Waals surface area contributed by atoms with Crippen molar-refractivity contribution in [1.29, 1.82) is 0 Å². The van der Waals surface area contributed by atoms with Gasteiger partial charge >= 0.3 is 5.97 Å². The SMILES string of the molecule is COc1ccc(C(=O)OCCN(CCc2c[nH]c3ccccc23)Cc2ccc(C3C#CC3C(=O)NO)cc2)cc1OC. The first-order valence-electron chi connectivity index (χ1n) is 13.7. The van der Waals surface area contributed by atoms with Gasteiger partial charge < -0.3 is 19.2 Å². The highest BCUT2D eigenvalue weighted by Crippen LogP contribution is 2.30. The predicted molar refractivity (Wildman–Crippen MR) is 157 cm³/mol. The van der Waals surface area contributed by atoms with Crippen molar-refractivity contribution >= 4 is 22.8 Å². The Bertz CT molecular complexity index is 1620. The third-order valence-electron chi connectivity index (χ3n) is 7.50. The number of amides is 1. The van der Waals surface area contributed by atoms with Crippen molar-refractivity contribution < 1.29 is 29.0 Å². The fourth-order valence-electron chi connectivity index (χ4n) is 5.10. The van der Waals surface area contributed by atoms with Crippen LogP contribution in [0.5, 0.6) is 11.5 Å². The van der Waals surface area contributed by atoms with Crippen LogP contribution in [0, 0.1) is 17.8 Å². The number of carbonyl (C=O) groups is 2. The Morgan fingerprint density at radius 1 is 0.976 bits per heavy atom. The standard InChI is InChI=1S/C33H33N3O6/c1-40-30-14-11-24(19-31(30)41-2)33(38)42-18-17-36(16-15-25-20-34-29-6-4-3-5-27(25)29)21-22-7-9-23(10-8-22)26-12-13-28(26)32(37)35-39/h3-11,14,19-20,26,28,34,39H,15-18,21H2,1-2H3,(H,35,37). The van der Waals surface area contributed by atoms with Crippen LogP contribution in [0.15, 0.2) is 72.9 Å². The molecule has 5 rings (SSSR count). The summed E-state index contributed by atoms with van der Waals surface area (Å²) in [4.78, 5) is 30.2. The van der Waals surface area contributed by atoms with Crippen molar-refractivity contribution in [2.45, 2.75) is 18.9 Å². The Morgan fingerprint density at radius 2 is 1.76 bits per heavy atom. The lowest BCUT2D eigenvalue weighted by atomic mass is 9.79. The van der Waals surface area contributed by atoms with Gasteiger partial charge in [0.25, 0.3) is 5.91 Å². The maximum atomic E-state index is 12.8. The van der Waals surface area contributed by atoms with Crippen molar-refractivity contribution in [2.24, 2.45) is 5.92 Å². The molecule has 3 N–H and O–H groups in total. The quantitative estimate of drug-likeness (QED) is 0.0955. The van der Waals surface area contributed by atoms with E-state index in [1.165, 1.54) is 18.1 Å². The average molecular weight is 568 g/mol. The van der Waals surface area contributed by atoms with Gasteiger partial charge in [0.2, 0.25) is 0 Å². The van der Waals surface area contributed by atoms with E-state index in [9.17, 15) is 9.59 Å². The van der Waals surface area contributed by atoms with Gasteiger partial charge in [0.15, 0.2) is 11.5 Å². The Hall–Kier alpha value is -4.78. The van der Waals surface area contributed by atoms with E-state index in [-0.39, 0.29) is 12.5 Å². The number of hydrogen-bond donors (Lipinski definition) is 3. The number of methoxy groups -OCH3 is 2. The van der Waals surface area contributed by atoms with Crippen LogP contribution in [-0.2, 0) is 22.5 Å². The van der Waals surface area contributed by atoms with Crippen LogP contribution in [0.25, 0.3) is 10.9 Å². The Morgan fingerprint density at radius 3 is 2.48 bits per heavy atom. The molecule has 1 heterocycles. The van der Waals surface area contributed by atoms with E-state index < -0.39 is 17.8 Å². The maximum absolute atomic E-state index is 12.8. The summed E-state index contributed by atoms with van der Waals surface area (Å²) in [6.07, 6.45) is 2.87. The van der Waals surface area contributed by atoms with E-state index in [1.807, 2.05) is 42.6 Å². The fourth-order valence-corrected chi connectivity index (χ4v) is 5.10. The third-order valence-corrected chi connectivity index (χ3v) is 7.50. The first-order valence-corrected chi connectivity index (χ1v) is 13.7. The Kier molecular flexibility index (Phi) is 9.07. The maximum Gasteiger partial charge on any atom is 0.338 e. The van der Waals surface area contributed by atoms with Crippen LogP contribution in [-0.4, -0.2) is 60.9 Å². The van der Waals surface area contributed by atoms with Crippen molar-refractivity contribution in [1.82, 2.24) is 15.4 Å². The number of hydrogen-bond acceptors (Lipinski definition) is 7. The number of H-pyrrole nitrogens is 1. The van der Waals surface area contributed by atoms with Crippen LogP contribution in [0.2, 0.25) is 0 Å². The van der Waals surface area contributed by atoms with Crippen LogP contribution in [0.3, 0.4) is 0 Å². The Labute approximate surface area is 244 Å². The highest BCUT2D eigenvalue weighted by molar-refractivity contribution is 5.90. The number of fused-ring (bicyclic) bond motifs is 1. The zero-order chi connectivity index (χ0) is 29.5. The van der Waals surface area contributed by atoms with Gasteiger partial charge in [0.05, 0.1) is 25.7 Å². The molecule has 0 spiro atoms. The largest absolute Gasteiger partial charge is 0.493 e. The summed E-state index contributed by atoms with van der Waals surface area (Å²) in [5.41, 5.74) is 6.42. The summed E-state index contributed by atoms with van der Waals surface area (Å²) >= 11 is 0. The number of aromatic amines is 1. The highest BCUT2D eigenvalue weighted by Gasteiger charge is 2.32. The highest BCUT2D eigenvalue weighted by atomic mass is 16.5. The van der Waals surface area contributed by atoms with Crippen molar-refractivity contribution in [2.75, 3.05) is 33.9 Å². The summed E-state index contributed by atoms with van der Waals surface area (Å²) in [5.74, 6) is 5.11. The Balaban J connectivity index is 1.24. The summed E-state index contributed by atoms with van der Waals surface area (Å²) in [6, 6.07) is 21.2. The van der Waals surface area contributed by atoms with Gasteiger partial charge in [0, 0.05) is 36.7 Å². The number of nitrogens with zero attached hydrogens (tertiary/aromatic N) is 1. The number of ether oxygens (including phenoxy) is 3. The van der Waals surface area contributed by atoms with Gasteiger partial charge in [-0.1, -0.05) is 54.3 Å². The smallest absolute Gasteiger partial charge is 0.338 e. The molecule has 1 aliphatic rings. The van der Waals surface area contributed by atoms with Crippen molar-refractivity contribution in [3.63, 3.8) is 0 Å². The first-order chi connectivity index (χ1) is 20.5. The van der Waals surface area contributed by atoms with E-state index in [4.69, 9.17) is 19.4 Å². The molecule has 9 nitrogen and oxygen atoms in total. The van der Waals surface area contributed by atoms with Crippen molar-refractivity contribution in [3.8, 4) is 23.3 Å². The molecule has 9 heteroatoms. The van der Waals surface area contributed by atoms with Gasteiger partial charge in [-0.25, -0.2) is 10.3 Å². The molecule has 0 radical (unpaired) electrons. The summed E-state index contributed by atoms with van der Waals surface area (Å²) in [7, 11) is 3.07. The van der Waals surface area contributed by atoms with Crippen LogP contribution < -0.4 is 15.0 Å². The molecule has 0 aliphatic heterocycles. The molecule has 1 aliphatic carbocycles. The molecule has 0 saturated heterocycles. The zero-order valence-corrected chi connectivity index (χ0v) is 23.6. The number of carbonyl (C=O) groups excluding carboxylic acids is 2. The lowest BCUT2D eigenvalue weighted by molar-refractivity contribution is -0.132. The molecule has 0 fully saturated rings. The summed E-state index contributed by atoms with van der Waals surface area (Å²) in [5, 5.41) is 10.2. The number of hydroxylamine groups is 1. The molecule has 216 valence electrons. The lowest BCUT2D eigenvalue weighted by Gasteiger charge is -2.24. The molecule has 4 aromatic rings. The molecule has 1 amide bonds. The number of para-hydroxylation sites is 1. The van der Waals surface area contributed by atoms with Gasteiger partial charge in [-0.3, -0.25) is 14.9 Å². The zero-order valence-electron chi connectivity index (χ0n) is 23.6. The van der Waals surface area contributed by atoms with Crippen LogP contribution in [0.1, 0.15) is 33.0 Å². The van der Waals surface area contributed by atoms with Gasteiger partial charge in [-0.05, 0) is 47.4 Å². The molecule has 42 heavy (non-hydrogen) atoms. The minimum Gasteiger partial charge on any atom is -0.493 e. The number of rotatable bonds is 13. The number of nitrogens with one attached hydrogen (secondary N) is 2. The topological polar surface area (TPSA) is 113 Å². The average Bonchev–Trinajstić information content (AvgIpc) is 3.42. The summed E-state index contributed by atoms with van der Waals surface area (Å²) < 4.78 is 16.2. The molecule has 0 saturated carbocycles. The second kappa shape index (κ2) is 13.3. The van der Waals surface area contributed by atoms with Crippen LogP contribution >= 0.6 is 0 Å². The second-order valence-electron chi connectivity index (χ2n) is 10.1. The predicted octanol–water partition coefficient (Wildman–Crippen LogP) is 4.31. The van der Waals surface area contributed by atoms with Crippen LogP contribution in [0.4, 0.5) is 0 Å². The molecule has 3 aromatic carbocycles. The lowest BCUT2D eigenvalue weighted by Crippen LogP contribution is -2.34. The molecule has 2 unspecified atom stereocenters. The minimum atomic E-state index is -0.547. The molecule has 1 aromatic heterocycles. The van der Waals surface area contributed by atoms with E-state index >= 15 is 0 Å². The van der Waals surface area contributed by atoms with Gasteiger partial charge in [-0.2, -0.15) is 0 Å². The fraction of sp³-hybridized carbons (Fsp3) is 0.273. The first kappa shape index (κ1) is 28.7. The number of benzene rings is 3. The normalized spacial score (nSPS) is 15.4. The van der Waals surface area contributed by atoms with E-state index in [0.29, 0.717) is 30.2 Å². The van der Waals surface area contributed by atoms with Gasteiger partial charge in [0.1, 0.15) is 12.5 Å². The minimum absolute atomic E-state index is 0.217. The third kappa shape index (κ3) is 6.41. The molecular formula is C33H33N3O6. The molecule has 0 bridgehead atoms.